The summed E-state index contributed by atoms with van der Waals surface area (Å²) in [7, 11) is 1.64. The summed E-state index contributed by atoms with van der Waals surface area (Å²) in [5, 5.41) is 14.0. The number of carboxylic acids is 1. The van der Waals surface area contributed by atoms with E-state index in [0.29, 0.717) is 6.54 Å². The summed E-state index contributed by atoms with van der Waals surface area (Å²) in [6.07, 6.45) is 0. The lowest BCUT2D eigenvalue weighted by Crippen LogP contribution is -2.18. The molecule has 0 bridgehead atoms. The summed E-state index contributed by atoms with van der Waals surface area (Å²) in [6.45, 7) is 2.59. The fourth-order valence-electron chi connectivity index (χ4n) is 1.75. The molecule has 1 aromatic heterocycles. The summed E-state index contributed by atoms with van der Waals surface area (Å²) in [6, 6.07) is 7.98. The molecule has 0 saturated carbocycles. The van der Waals surface area contributed by atoms with Crippen molar-refractivity contribution in [1.29, 1.82) is 0 Å². The van der Waals surface area contributed by atoms with Gasteiger partial charge in [-0.1, -0.05) is 12.1 Å². The van der Waals surface area contributed by atoms with Gasteiger partial charge in [0.25, 0.3) is 0 Å². The van der Waals surface area contributed by atoms with Crippen LogP contribution >= 0.6 is 11.3 Å². The van der Waals surface area contributed by atoms with Crippen LogP contribution in [0.5, 0.6) is 5.75 Å². The first-order valence-electron chi connectivity index (χ1n) is 6.15. The zero-order valence-electron chi connectivity index (χ0n) is 11.3. The number of aromatic nitrogens is 1. The van der Waals surface area contributed by atoms with Crippen molar-refractivity contribution in [2.45, 2.75) is 19.5 Å². The van der Waals surface area contributed by atoms with Crippen LogP contribution in [0.15, 0.2) is 29.6 Å². The smallest absolute Gasteiger partial charge is 0.365 e. The highest BCUT2D eigenvalue weighted by atomic mass is 32.1. The van der Waals surface area contributed by atoms with E-state index in [1.54, 1.807) is 12.5 Å². The largest absolute Gasteiger partial charge is 0.497 e. The standard InChI is InChI=1S/C14H16N2O3S/c1-9(10-3-5-12(19-2)6-4-10)15-7-11-8-20-13(16-11)14(17)18/h3-6,8-9,15H,7H2,1-2H3,(H,17,18)/t9-/m0/s1. The van der Waals surface area contributed by atoms with Gasteiger partial charge < -0.3 is 15.2 Å². The molecular weight excluding hydrogens is 276 g/mol. The number of methoxy groups -OCH3 is 1. The third-order valence-electron chi connectivity index (χ3n) is 2.94. The van der Waals surface area contributed by atoms with Crippen LogP contribution in [-0.4, -0.2) is 23.2 Å². The monoisotopic (exact) mass is 292 g/mol. The third kappa shape index (κ3) is 3.55. The molecule has 6 heteroatoms. The van der Waals surface area contributed by atoms with Crippen LogP contribution in [0.3, 0.4) is 0 Å². The molecule has 0 spiro atoms. The highest BCUT2D eigenvalue weighted by molar-refractivity contribution is 7.11. The molecule has 0 amide bonds. The van der Waals surface area contributed by atoms with E-state index in [2.05, 4.69) is 10.3 Å². The summed E-state index contributed by atoms with van der Waals surface area (Å²) >= 11 is 1.14. The van der Waals surface area contributed by atoms with E-state index in [9.17, 15) is 4.79 Å². The number of ether oxygens (including phenoxy) is 1. The van der Waals surface area contributed by atoms with Crippen molar-refractivity contribution < 1.29 is 14.6 Å². The minimum atomic E-state index is -0.982. The number of hydrogen-bond donors (Lipinski definition) is 2. The zero-order valence-corrected chi connectivity index (χ0v) is 12.1. The average molecular weight is 292 g/mol. The van der Waals surface area contributed by atoms with E-state index in [0.717, 1.165) is 28.3 Å². The molecule has 2 N–H and O–H groups in total. The highest BCUT2D eigenvalue weighted by Crippen LogP contribution is 2.18. The van der Waals surface area contributed by atoms with Gasteiger partial charge in [-0.05, 0) is 24.6 Å². The van der Waals surface area contributed by atoms with Gasteiger partial charge in [-0.25, -0.2) is 9.78 Å². The van der Waals surface area contributed by atoms with Gasteiger partial charge in [0.2, 0.25) is 5.01 Å². The van der Waals surface area contributed by atoms with Gasteiger partial charge in [0.05, 0.1) is 12.8 Å². The Hall–Kier alpha value is -1.92. The van der Waals surface area contributed by atoms with Crippen molar-refractivity contribution in [1.82, 2.24) is 10.3 Å². The van der Waals surface area contributed by atoms with Crippen molar-refractivity contribution in [3.63, 3.8) is 0 Å². The van der Waals surface area contributed by atoms with Crippen LogP contribution in [-0.2, 0) is 6.54 Å². The number of carbonyl (C=O) groups is 1. The van der Waals surface area contributed by atoms with E-state index in [1.807, 2.05) is 31.2 Å². The number of nitrogens with zero attached hydrogens (tertiary/aromatic N) is 1. The van der Waals surface area contributed by atoms with Gasteiger partial charge in [-0.2, -0.15) is 0 Å². The Bertz CT molecular complexity index is 580. The van der Waals surface area contributed by atoms with Crippen molar-refractivity contribution in [3.05, 3.63) is 45.9 Å². The number of carboxylic acid groups (broad SMARTS) is 1. The maximum atomic E-state index is 10.7. The molecule has 1 heterocycles. The van der Waals surface area contributed by atoms with E-state index in [4.69, 9.17) is 9.84 Å². The number of nitrogens with one attached hydrogen (secondary N) is 1. The average Bonchev–Trinajstić information content (AvgIpc) is 2.94. The highest BCUT2D eigenvalue weighted by Gasteiger charge is 2.10. The number of thiazole rings is 1. The molecule has 0 aliphatic heterocycles. The molecular formula is C14H16N2O3S. The first-order chi connectivity index (χ1) is 9.60. The molecule has 106 valence electrons. The van der Waals surface area contributed by atoms with Gasteiger partial charge in [-0.15, -0.1) is 11.3 Å². The molecule has 0 aliphatic rings. The second-order valence-corrected chi connectivity index (χ2v) is 5.18. The Balaban J connectivity index is 1.93. The number of hydrogen-bond acceptors (Lipinski definition) is 5. The van der Waals surface area contributed by atoms with Gasteiger partial charge >= 0.3 is 5.97 Å². The number of aromatic carboxylic acids is 1. The lowest BCUT2D eigenvalue weighted by Gasteiger charge is -2.13. The lowest BCUT2D eigenvalue weighted by atomic mass is 10.1. The molecule has 0 saturated heterocycles. The fourth-order valence-corrected chi connectivity index (χ4v) is 2.41. The summed E-state index contributed by atoms with van der Waals surface area (Å²) < 4.78 is 5.12. The van der Waals surface area contributed by atoms with Crippen LogP contribution < -0.4 is 10.1 Å². The lowest BCUT2D eigenvalue weighted by molar-refractivity contribution is 0.0696. The predicted octanol–water partition coefficient (Wildman–Crippen LogP) is 2.70. The Morgan fingerprint density at radius 1 is 1.45 bits per heavy atom. The predicted molar refractivity (Wildman–Crippen MR) is 77.3 cm³/mol. The normalized spacial score (nSPS) is 12.1. The first-order valence-corrected chi connectivity index (χ1v) is 7.03. The Kier molecular flexibility index (Phi) is 4.70. The van der Waals surface area contributed by atoms with Crippen LogP contribution in [0.1, 0.15) is 34.0 Å². The van der Waals surface area contributed by atoms with Crippen LogP contribution in [0.4, 0.5) is 0 Å². The summed E-state index contributed by atoms with van der Waals surface area (Å²) in [4.78, 5) is 14.8. The Labute approximate surface area is 121 Å². The molecule has 2 aromatic rings. The zero-order chi connectivity index (χ0) is 14.5. The van der Waals surface area contributed by atoms with E-state index in [-0.39, 0.29) is 11.0 Å². The summed E-state index contributed by atoms with van der Waals surface area (Å²) in [5.74, 6) is -0.156. The Morgan fingerprint density at radius 3 is 2.70 bits per heavy atom. The molecule has 5 nitrogen and oxygen atoms in total. The maximum absolute atomic E-state index is 10.7. The van der Waals surface area contributed by atoms with Gasteiger partial charge in [-0.3, -0.25) is 0 Å². The van der Waals surface area contributed by atoms with E-state index in [1.165, 1.54) is 0 Å². The fraction of sp³-hybridized carbons (Fsp3) is 0.286. The van der Waals surface area contributed by atoms with Crippen molar-refractivity contribution in [3.8, 4) is 5.75 Å². The number of rotatable bonds is 6. The molecule has 1 atom stereocenters. The SMILES string of the molecule is COc1ccc([C@H](C)NCc2csc(C(=O)O)n2)cc1. The van der Waals surface area contributed by atoms with Gasteiger partial charge in [0.15, 0.2) is 0 Å². The minimum Gasteiger partial charge on any atom is -0.497 e. The molecule has 1 aromatic carbocycles. The molecule has 0 radical (unpaired) electrons. The Morgan fingerprint density at radius 2 is 2.15 bits per heavy atom. The van der Waals surface area contributed by atoms with Crippen molar-refractivity contribution in [2.24, 2.45) is 0 Å². The second kappa shape index (κ2) is 6.49. The molecule has 0 fully saturated rings. The first kappa shape index (κ1) is 14.5. The van der Waals surface area contributed by atoms with Gasteiger partial charge in [0, 0.05) is 18.0 Å². The summed E-state index contributed by atoms with van der Waals surface area (Å²) in [5.41, 5.74) is 1.88. The van der Waals surface area contributed by atoms with Crippen LogP contribution in [0.25, 0.3) is 0 Å². The second-order valence-electron chi connectivity index (χ2n) is 4.32. The molecule has 20 heavy (non-hydrogen) atoms. The minimum absolute atomic E-state index is 0.124. The quantitative estimate of drug-likeness (QED) is 0.856. The van der Waals surface area contributed by atoms with Crippen molar-refractivity contribution >= 4 is 17.3 Å². The topological polar surface area (TPSA) is 71.5 Å². The van der Waals surface area contributed by atoms with Crippen molar-refractivity contribution in [2.75, 3.05) is 7.11 Å². The van der Waals surface area contributed by atoms with Crippen LogP contribution in [0.2, 0.25) is 0 Å². The molecule has 0 aliphatic carbocycles. The van der Waals surface area contributed by atoms with Gasteiger partial charge in [0.1, 0.15) is 5.75 Å². The number of benzene rings is 1. The third-order valence-corrected chi connectivity index (χ3v) is 3.82. The van der Waals surface area contributed by atoms with Crippen LogP contribution in [0, 0.1) is 0 Å². The molecule has 2 rings (SSSR count). The maximum Gasteiger partial charge on any atom is 0.365 e. The molecule has 0 unspecified atom stereocenters. The van der Waals surface area contributed by atoms with E-state index < -0.39 is 5.97 Å². The van der Waals surface area contributed by atoms with E-state index >= 15 is 0 Å².